The largest absolute Gasteiger partial charge is 0.450 e. The Hall–Kier alpha value is -6.28. The Morgan fingerprint density at radius 1 is 0.500 bits per heavy atom. The molecule has 0 aromatic carbocycles. The number of likely N-dealkylation sites (N-methyl/N-ethyl adjacent to an activating group) is 6. The van der Waals surface area contributed by atoms with Crippen LogP contribution in [0.5, 0.6) is 0 Å². The molecule has 1 saturated heterocycles. The van der Waals surface area contributed by atoms with Gasteiger partial charge in [-0.05, 0) is 121 Å². The molecule has 94 heavy (non-hydrogen) atoms. The Labute approximate surface area is 561 Å². The van der Waals surface area contributed by atoms with E-state index in [1.807, 2.05) is 83.1 Å². The number of ether oxygens (including phenoxy) is 1. The van der Waals surface area contributed by atoms with Crippen LogP contribution in [0.1, 0.15) is 177 Å². The van der Waals surface area contributed by atoms with E-state index < -0.39 is 162 Å². The van der Waals surface area contributed by atoms with Crippen molar-refractivity contribution in [1.82, 2.24) is 55.6 Å². The highest BCUT2D eigenvalue weighted by molar-refractivity contribution is 5.99. The average molecular weight is 1330 g/mol. The van der Waals surface area contributed by atoms with Gasteiger partial charge in [0.05, 0.1) is 31.3 Å². The molecule has 13 atom stereocenters. The number of hydrogen-bond donors (Lipinski definition) is 6. The van der Waals surface area contributed by atoms with E-state index in [1.54, 1.807) is 46.6 Å². The summed E-state index contributed by atoms with van der Waals surface area (Å²) in [5.41, 5.74) is 0. The number of aliphatic hydroxyl groups is 2. The number of rotatable bonds is 19. The minimum absolute atomic E-state index is 0.0573. The van der Waals surface area contributed by atoms with E-state index in [0.717, 1.165) is 14.7 Å². The van der Waals surface area contributed by atoms with Crippen LogP contribution in [0.3, 0.4) is 0 Å². The second-order valence-corrected chi connectivity index (χ2v) is 29.5. The Kier molecular flexibility index (Phi) is 35.6. The van der Waals surface area contributed by atoms with Crippen molar-refractivity contribution in [2.75, 3.05) is 61.9 Å². The molecule has 26 nitrogen and oxygen atoms in total. The van der Waals surface area contributed by atoms with Gasteiger partial charge in [-0.3, -0.25) is 57.6 Å². The molecule has 26 heteroatoms. The van der Waals surface area contributed by atoms with E-state index in [-0.39, 0.29) is 93.2 Å². The van der Waals surface area contributed by atoms with Crippen LogP contribution in [-0.4, -0.2) is 256 Å². The fourth-order valence-corrected chi connectivity index (χ4v) is 11.9. The lowest BCUT2D eigenvalue weighted by atomic mass is 9.91. The monoisotopic (exact) mass is 1330 g/mol. The third-order valence-corrected chi connectivity index (χ3v) is 17.3. The quantitative estimate of drug-likeness (QED) is 0.101. The van der Waals surface area contributed by atoms with E-state index >= 15 is 14.4 Å². The molecule has 1 fully saturated rings. The fourth-order valence-electron chi connectivity index (χ4n) is 11.9. The van der Waals surface area contributed by atoms with E-state index in [4.69, 9.17) is 4.74 Å². The number of Topliss-reactive ketones (excluding diaryl/α,β-unsaturated/α-hetero) is 1. The maximum absolute atomic E-state index is 15.3. The van der Waals surface area contributed by atoms with Crippen LogP contribution in [0, 0.1) is 47.3 Å². The van der Waals surface area contributed by atoms with E-state index in [0.29, 0.717) is 0 Å². The first-order chi connectivity index (χ1) is 43.2. The maximum Gasteiger partial charge on any atom is 0.329 e. The molecular formula is C68H123N11O15. The number of carbonyl (C=O) groups excluding carboxylic acids is 12. The molecule has 0 aliphatic carbocycles. The zero-order chi connectivity index (χ0) is 73.0. The number of hydrogen-bond acceptors (Lipinski definition) is 16. The van der Waals surface area contributed by atoms with Crippen molar-refractivity contribution in [1.29, 1.82) is 0 Å². The molecule has 0 radical (unpaired) electrons. The predicted octanol–water partition coefficient (Wildman–Crippen LogP) is 3.07. The van der Waals surface area contributed by atoms with Crippen LogP contribution in [0.4, 0.5) is 0 Å². The molecule has 540 valence electrons. The molecule has 1 rings (SSSR count). The fraction of sp³-hybridized carbons (Fsp3) is 0.824. The molecule has 1 aliphatic rings. The van der Waals surface area contributed by atoms with Gasteiger partial charge in [-0.25, -0.2) is 4.79 Å². The lowest BCUT2D eigenvalue weighted by molar-refractivity contribution is -0.166. The highest BCUT2D eigenvalue weighted by Gasteiger charge is 2.46. The van der Waals surface area contributed by atoms with E-state index in [9.17, 15) is 53.4 Å². The van der Waals surface area contributed by atoms with Gasteiger partial charge in [0.25, 0.3) is 5.91 Å². The summed E-state index contributed by atoms with van der Waals surface area (Å²) in [6, 6.07) is -12.4. The standard InChI is InChI=1S/C68H123N11O15/c1-36(2)29-49-63(88)75(23)52(32-39(7)8)60(85)69-45(18)68(93)94-58(42(13)14)67(92)76(24)53(33-40(9)10)61(86)71-50(30-37(3)4)64(89)77(25)55(41(11)12)66(91)78(26)56(57(83)44(17)27-28-79(43(15)16)47(20)81)62(87)72-54(46(19)80)65(90)74(22)35-48(82)34-73(21)51(31-38(5)6)59(84)70-49/h36-46,49-58,80,83H,27-35H2,1-26H3,(H,69,85)(H,70,84)(H,71,86)(H,72,87)/t44-,45+,46-,49+,50+,51+,52+,53+,54+,55+,56+,57-,58-/m1/s1. The van der Waals surface area contributed by atoms with E-state index in [1.165, 1.54) is 70.7 Å². The van der Waals surface area contributed by atoms with Gasteiger partial charge in [-0.2, -0.15) is 0 Å². The summed E-state index contributed by atoms with van der Waals surface area (Å²) in [5.74, 6) is -11.7. The summed E-state index contributed by atoms with van der Waals surface area (Å²) in [6.07, 6.45) is -4.02. The Morgan fingerprint density at radius 2 is 0.915 bits per heavy atom. The van der Waals surface area contributed by atoms with Crippen molar-refractivity contribution < 1.29 is 72.5 Å². The van der Waals surface area contributed by atoms with Crippen LogP contribution < -0.4 is 21.3 Å². The number of esters is 1. The summed E-state index contributed by atoms with van der Waals surface area (Å²) < 4.78 is 5.91. The molecule has 6 N–H and O–H groups in total. The first kappa shape index (κ1) is 85.7. The van der Waals surface area contributed by atoms with Crippen LogP contribution in [0.2, 0.25) is 0 Å². The minimum atomic E-state index is -1.82. The zero-order valence-electron chi connectivity index (χ0n) is 61.8. The zero-order valence-corrected chi connectivity index (χ0v) is 61.8. The molecule has 0 saturated carbocycles. The van der Waals surface area contributed by atoms with Crippen LogP contribution in [-0.2, 0) is 62.3 Å². The Morgan fingerprint density at radius 3 is 1.33 bits per heavy atom. The molecule has 0 bridgehead atoms. The summed E-state index contributed by atoms with van der Waals surface area (Å²) in [4.78, 5) is 183. The van der Waals surface area contributed by atoms with Gasteiger partial charge >= 0.3 is 5.97 Å². The molecule has 1 aliphatic heterocycles. The van der Waals surface area contributed by atoms with Gasteiger partial charge < -0.3 is 65.6 Å². The molecule has 0 spiro atoms. The minimum Gasteiger partial charge on any atom is -0.450 e. The van der Waals surface area contributed by atoms with Crippen LogP contribution in [0.15, 0.2) is 0 Å². The second-order valence-electron chi connectivity index (χ2n) is 29.5. The summed E-state index contributed by atoms with van der Waals surface area (Å²) >= 11 is 0. The van der Waals surface area contributed by atoms with Crippen molar-refractivity contribution in [3.05, 3.63) is 0 Å². The topological polar surface area (TPSA) is 325 Å². The number of cyclic esters (lactones) is 1. The SMILES string of the molecule is CC(=O)N(CC[C@@H](C)[C@@H](O)[C@H]1C(=O)N[C@@H]([C@@H](C)O)C(=O)N(C)CC(=O)CN(C)[C@@H](CC(C)C)C(=O)N[C@@H](CC(C)C)C(=O)N(C)[C@@H](CC(C)C)C(=O)N[C@@H](C)C(=O)O[C@H](C(C)C)C(=O)N(C)[C@@H](CC(C)C)C(=O)N[C@@H](CC(C)C)C(=O)N(C)[C@@H](C(C)C)C(=O)N1C)C(C)C. The summed E-state index contributed by atoms with van der Waals surface area (Å²) in [5, 5.41) is 34.7. The van der Waals surface area contributed by atoms with Crippen molar-refractivity contribution in [3.8, 4) is 0 Å². The van der Waals surface area contributed by atoms with Gasteiger partial charge in [0.2, 0.25) is 53.2 Å². The summed E-state index contributed by atoms with van der Waals surface area (Å²) in [7, 11) is 8.28. The smallest absolute Gasteiger partial charge is 0.329 e. The van der Waals surface area contributed by atoms with Gasteiger partial charge in [-0.15, -0.1) is 0 Å². The van der Waals surface area contributed by atoms with E-state index in [2.05, 4.69) is 21.3 Å². The van der Waals surface area contributed by atoms with Gasteiger partial charge in [0, 0.05) is 54.7 Å². The normalized spacial score (nSPS) is 26.0. The molecule has 1 heterocycles. The third-order valence-electron chi connectivity index (χ3n) is 17.3. The van der Waals surface area contributed by atoms with Crippen molar-refractivity contribution in [2.24, 2.45) is 47.3 Å². The first-order valence-electron chi connectivity index (χ1n) is 33.8. The number of nitrogens with zero attached hydrogens (tertiary/aromatic N) is 7. The molecular weight excluding hydrogens is 1210 g/mol. The molecule has 0 aromatic rings. The molecule has 0 unspecified atom stereocenters. The Bertz CT molecular complexity index is 2560. The van der Waals surface area contributed by atoms with Gasteiger partial charge in [0.15, 0.2) is 11.9 Å². The van der Waals surface area contributed by atoms with Crippen LogP contribution >= 0.6 is 0 Å². The van der Waals surface area contributed by atoms with Gasteiger partial charge in [-0.1, -0.05) is 104 Å². The van der Waals surface area contributed by atoms with Crippen molar-refractivity contribution >= 4 is 70.8 Å². The lowest BCUT2D eigenvalue weighted by Crippen LogP contribution is -2.64. The lowest BCUT2D eigenvalue weighted by Gasteiger charge is -2.40. The van der Waals surface area contributed by atoms with Gasteiger partial charge in [0.1, 0.15) is 48.3 Å². The third kappa shape index (κ3) is 25.7. The number of carbonyl (C=O) groups is 12. The molecule has 0 aromatic heterocycles. The highest BCUT2D eigenvalue weighted by atomic mass is 16.6. The second kappa shape index (κ2) is 39.1. The predicted molar refractivity (Wildman–Crippen MR) is 360 cm³/mol. The number of amides is 10. The maximum atomic E-state index is 15.3. The number of nitrogens with one attached hydrogen (secondary N) is 4. The summed E-state index contributed by atoms with van der Waals surface area (Å²) in [6.45, 7) is 33.6. The average Bonchev–Trinajstić information content (AvgIpc) is 0.814. The van der Waals surface area contributed by atoms with Crippen molar-refractivity contribution in [3.63, 3.8) is 0 Å². The first-order valence-corrected chi connectivity index (χ1v) is 33.8. The molecule has 10 amide bonds. The Balaban J connectivity index is 4.43. The number of ketones is 1. The van der Waals surface area contributed by atoms with Crippen LogP contribution in [0.25, 0.3) is 0 Å². The highest BCUT2D eigenvalue weighted by Crippen LogP contribution is 2.25. The number of aliphatic hydroxyl groups excluding tert-OH is 2. The van der Waals surface area contributed by atoms with Crippen molar-refractivity contribution in [2.45, 2.75) is 256 Å².